The second kappa shape index (κ2) is 7.40. The number of carboxylic acid groups (broad SMARTS) is 1. The van der Waals surface area contributed by atoms with Crippen LogP contribution in [0.3, 0.4) is 0 Å². The lowest BCUT2D eigenvalue weighted by Gasteiger charge is -2.34. The van der Waals surface area contributed by atoms with E-state index in [9.17, 15) is 14.4 Å². The van der Waals surface area contributed by atoms with Gasteiger partial charge in [-0.1, -0.05) is 6.42 Å². The Labute approximate surface area is 124 Å². The van der Waals surface area contributed by atoms with Crippen molar-refractivity contribution in [3.8, 4) is 0 Å². The van der Waals surface area contributed by atoms with E-state index in [-0.39, 0.29) is 18.2 Å². The number of carbonyl (C=O) groups excluding carboxylic acids is 2. The Bertz CT molecular complexity index is 407. The molecular formula is C14H23N3O4. The molecule has 2 atom stereocenters. The number of carboxylic acids is 1. The minimum Gasteiger partial charge on any atom is -0.481 e. The molecular weight excluding hydrogens is 274 g/mol. The highest BCUT2D eigenvalue weighted by molar-refractivity contribution is 5.91. The van der Waals surface area contributed by atoms with E-state index in [1.54, 1.807) is 0 Å². The van der Waals surface area contributed by atoms with E-state index in [0.717, 1.165) is 19.4 Å². The summed E-state index contributed by atoms with van der Waals surface area (Å²) in [5.74, 6) is -1.56. The summed E-state index contributed by atoms with van der Waals surface area (Å²) in [6.45, 7) is 1.77. The van der Waals surface area contributed by atoms with Gasteiger partial charge < -0.3 is 20.6 Å². The number of rotatable bonds is 5. The fourth-order valence-corrected chi connectivity index (χ4v) is 2.99. The number of nitrogens with zero attached hydrogens (tertiary/aromatic N) is 1. The summed E-state index contributed by atoms with van der Waals surface area (Å²) in [5, 5.41) is 14.9. The van der Waals surface area contributed by atoms with Gasteiger partial charge in [0.05, 0.1) is 6.42 Å². The maximum Gasteiger partial charge on any atom is 0.305 e. The Morgan fingerprint density at radius 3 is 2.76 bits per heavy atom. The Morgan fingerprint density at radius 1 is 1.29 bits per heavy atom. The van der Waals surface area contributed by atoms with Gasteiger partial charge >= 0.3 is 5.97 Å². The summed E-state index contributed by atoms with van der Waals surface area (Å²) in [6.07, 6.45) is 4.21. The van der Waals surface area contributed by atoms with Crippen LogP contribution in [-0.4, -0.2) is 59.5 Å². The van der Waals surface area contributed by atoms with Crippen molar-refractivity contribution in [2.75, 3.05) is 19.6 Å². The third-order valence-electron chi connectivity index (χ3n) is 4.14. The predicted molar refractivity (Wildman–Crippen MR) is 75.6 cm³/mol. The van der Waals surface area contributed by atoms with Gasteiger partial charge in [-0.3, -0.25) is 14.4 Å². The quantitative estimate of drug-likeness (QED) is 0.648. The average Bonchev–Trinajstić information content (AvgIpc) is 2.47. The van der Waals surface area contributed by atoms with E-state index in [1.165, 1.54) is 17.7 Å². The highest BCUT2D eigenvalue weighted by atomic mass is 16.4. The SMILES string of the molecule is O=C(O)CC1C(=O)NCCN1C(=O)CCC1CCCCN1. The molecule has 7 heteroatoms. The molecule has 0 aromatic heterocycles. The summed E-state index contributed by atoms with van der Waals surface area (Å²) in [6, 6.07) is -0.512. The van der Waals surface area contributed by atoms with Crippen molar-refractivity contribution in [1.82, 2.24) is 15.5 Å². The lowest BCUT2D eigenvalue weighted by Crippen LogP contribution is -2.57. The standard InChI is InChI=1S/C14H23N3O4/c18-12(5-4-10-3-1-2-6-15-10)17-8-7-16-14(21)11(17)9-13(19)20/h10-11,15H,1-9H2,(H,16,21)(H,19,20). The van der Waals surface area contributed by atoms with E-state index < -0.39 is 12.0 Å². The number of hydrogen-bond donors (Lipinski definition) is 3. The number of nitrogens with one attached hydrogen (secondary N) is 2. The zero-order valence-corrected chi connectivity index (χ0v) is 12.1. The van der Waals surface area contributed by atoms with E-state index in [2.05, 4.69) is 10.6 Å². The van der Waals surface area contributed by atoms with Crippen LogP contribution in [-0.2, 0) is 14.4 Å². The molecule has 7 nitrogen and oxygen atoms in total. The lowest BCUT2D eigenvalue weighted by atomic mass is 9.99. The molecule has 2 rings (SSSR count). The van der Waals surface area contributed by atoms with Crippen LogP contribution in [0.15, 0.2) is 0 Å². The first-order chi connectivity index (χ1) is 10.1. The van der Waals surface area contributed by atoms with Crippen LogP contribution in [0.25, 0.3) is 0 Å². The highest BCUT2D eigenvalue weighted by Crippen LogP contribution is 2.15. The minimum absolute atomic E-state index is 0.122. The molecule has 0 saturated carbocycles. The number of piperazine rings is 1. The first-order valence-corrected chi connectivity index (χ1v) is 7.60. The van der Waals surface area contributed by atoms with E-state index in [1.807, 2.05) is 0 Å². The molecule has 0 bridgehead atoms. The molecule has 2 heterocycles. The maximum atomic E-state index is 12.3. The van der Waals surface area contributed by atoms with Gasteiger partial charge in [-0.2, -0.15) is 0 Å². The van der Waals surface area contributed by atoms with Gasteiger partial charge in [-0.25, -0.2) is 0 Å². The molecule has 3 N–H and O–H groups in total. The molecule has 2 unspecified atom stereocenters. The highest BCUT2D eigenvalue weighted by Gasteiger charge is 2.34. The molecule has 0 aromatic carbocycles. The number of amides is 2. The molecule has 2 fully saturated rings. The van der Waals surface area contributed by atoms with Crippen LogP contribution < -0.4 is 10.6 Å². The van der Waals surface area contributed by atoms with Crippen molar-refractivity contribution in [1.29, 1.82) is 0 Å². The fraction of sp³-hybridized carbons (Fsp3) is 0.786. The third-order valence-corrected chi connectivity index (χ3v) is 4.14. The van der Waals surface area contributed by atoms with Crippen LogP contribution >= 0.6 is 0 Å². The van der Waals surface area contributed by atoms with E-state index in [4.69, 9.17) is 5.11 Å². The van der Waals surface area contributed by atoms with Gasteiger partial charge in [-0.05, 0) is 25.8 Å². The zero-order valence-electron chi connectivity index (χ0n) is 12.1. The van der Waals surface area contributed by atoms with Crippen LogP contribution in [0.1, 0.15) is 38.5 Å². The van der Waals surface area contributed by atoms with Gasteiger partial charge in [0, 0.05) is 25.6 Å². The van der Waals surface area contributed by atoms with Gasteiger partial charge in [0.2, 0.25) is 11.8 Å². The third kappa shape index (κ3) is 4.42. The molecule has 2 aliphatic rings. The van der Waals surface area contributed by atoms with Crippen molar-refractivity contribution < 1.29 is 19.5 Å². The van der Waals surface area contributed by atoms with Crippen molar-refractivity contribution in [3.63, 3.8) is 0 Å². The van der Waals surface area contributed by atoms with Crippen molar-refractivity contribution in [2.45, 2.75) is 50.6 Å². The molecule has 0 radical (unpaired) electrons. The van der Waals surface area contributed by atoms with Crippen LogP contribution in [0.4, 0.5) is 0 Å². The van der Waals surface area contributed by atoms with Gasteiger partial charge in [0.1, 0.15) is 6.04 Å². The normalized spacial score (nSPS) is 26.3. The minimum atomic E-state index is -1.07. The maximum absolute atomic E-state index is 12.3. The van der Waals surface area contributed by atoms with E-state index in [0.29, 0.717) is 25.6 Å². The second-order valence-electron chi connectivity index (χ2n) is 5.68. The molecule has 21 heavy (non-hydrogen) atoms. The van der Waals surface area contributed by atoms with E-state index >= 15 is 0 Å². The predicted octanol–water partition coefficient (Wildman–Crippen LogP) is -0.290. The lowest BCUT2D eigenvalue weighted by molar-refractivity contribution is -0.148. The topological polar surface area (TPSA) is 98.7 Å². The summed E-state index contributed by atoms with van der Waals surface area (Å²) in [7, 11) is 0. The first kappa shape index (κ1) is 15.8. The molecule has 2 aliphatic heterocycles. The molecule has 2 saturated heterocycles. The summed E-state index contributed by atoms with van der Waals surface area (Å²) in [5.41, 5.74) is 0. The summed E-state index contributed by atoms with van der Waals surface area (Å²) >= 11 is 0. The largest absolute Gasteiger partial charge is 0.481 e. The number of carbonyl (C=O) groups is 3. The number of aliphatic carboxylic acids is 1. The van der Waals surface area contributed by atoms with Crippen molar-refractivity contribution >= 4 is 17.8 Å². The summed E-state index contributed by atoms with van der Waals surface area (Å²) < 4.78 is 0. The van der Waals surface area contributed by atoms with Gasteiger partial charge in [0.15, 0.2) is 0 Å². The Balaban J connectivity index is 1.88. The number of piperidine rings is 1. The monoisotopic (exact) mass is 297 g/mol. The van der Waals surface area contributed by atoms with Crippen LogP contribution in [0, 0.1) is 0 Å². The second-order valence-corrected chi connectivity index (χ2v) is 5.68. The first-order valence-electron chi connectivity index (χ1n) is 7.60. The van der Waals surface area contributed by atoms with Crippen LogP contribution in [0.2, 0.25) is 0 Å². The van der Waals surface area contributed by atoms with Crippen molar-refractivity contribution in [3.05, 3.63) is 0 Å². The zero-order chi connectivity index (χ0) is 15.2. The Morgan fingerprint density at radius 2 is 2.10 bits per heavy atom. The fourth-order valence-electron chi connectivity index (χ4n) is 2.99. The summed E-state index contributed by atoms with van der Waals surface area (Å²) in [4.78, 5) is 36.4. The van der Waals surface area contributed by atoms with Crippen LogP contribution in [0.5, 0.6) is 0 Å². The smallest absolute Gasteiger partial charge is 0.305 e. The molecule has 0 aromatic rings. The average molecular weight is 297 g/mol. The molecule has 118 valence electrons. The van der Waals surface area contributed by atoms with Gasteiger partial charge in [0.25, 0.3) is 0 Å². The molecule has 0 aliphatic carbocycles. The Hall–Kier alpha value is -1.63. The number of hydrogen-bond acceptors (Lipinski definition) is 4. The molecule has 2 amide bonds. The van der Waals surface area contributed by atoms with Gasteiger partial charge in [-0.15, -0.1) is 0 Å². The Kier molecular flexibility index (Phi) is 5.55. The molecule has 0 spiro atoms. The van der Waals surface area contributed by atoms with Crippen molar-refractivity contribution in [2.24, 2.45) is 0 Å².